The largest absolute Gasteiger partial charge is 0.336 e. The monoisotopic (exact) mass is 359 g/mol. The number of rotatable bonds is 3. The number of benzene rings is 1. The maximum absolute atomic E-state index is 12.6. The van der Waals surface area contributed by atoms with E-state index in [9.17, 15) is 4.79 Å². The lowest BCUT2D eigenvalue weighted by molar-refractivity contribution is 0.0626. The van der Waals surface area contributed by atoms with Crippen LogP contribution in [0.15, 0.2) is 53.1 Å². The summed E-state index contributed by atoms with van der Waals surface area (Å²) in [6.07, 6.45) is 1.82. The molecular formula is C17H18BrN3O. The fourth-order valence-corrected chi connectivity index (χ4v) is 3.09. The molecule has 0 atom stereocenters. The van der Waals surface area contributed by atoms with E-state index >= 15 is 0 Å². The van der Waals surface area contributed by atoms with Gasteiger partial charge in [-0.3, -0.25) is 14.7 Å². The third-order valence-electron chi connectivity index (χ3n) is 3.88. The molecule has 0 unspecified atom stereocenters. The van der Waals surface area contributed by atoms with Crippen LogP contribution in [0.3, 0.4) is 0 Å². The van der Waals surface area contributed by atoms with Crippen LogP contribution in [0.1, 0.15) is 16.1 Å². The summed E-state index contributed by atoms with van der Waals surface area (Å²) in [5.41, 5.74) is 1.81. The number of carbonyl (C=O) groups is 1. The summed E-state index contributed by atoms with van der Waals surface area (Å²) < 4.78 is 0.857. The average molecular weight is 360 g/mol. The highest BCUT2D eigenvalue weighted by molar-refractivity contribution is 9.10. The molecule has 114 valence electrons. The van der Waals surface area contributed by atoms with Crippen molar-refractivity contribution in [3.05, 3.63) is 64.4 Å². The van der Waals surface area contributed by atoms with Gasteiger partial charge in [-0.1, -0.05) is 18.2 Å². The van der Waals surface area contributed by atoms with Crippen molar-refractivity contribution in [3.63, 3.8) is 0 Å². The normalized spacial score (nSPS) is 15.8. The van der Waals surface area contributed by atoms with Gasteiger partial charge < -0.3 is 4.90 Å². The van der Waals surface area contributed by atoms with E-state index in [-0.39, 0.29) is 5.91 Å². The van der Waals surface area contributed by atoms with E-state index in [2.05, 4.69) is 25.8 Å². The van der Waals surface area contributed by atoms with Gasteiger partial charge in [0.15, 0.2) is 0 Å². The standard InChI is InChI=1S/C17H18BrN3O/c18-16-7-2-1-6-15(16)17(22)21-11-9-20(10-12-21)13-14-5-3-4-8-19-14/h1-8H,9-13H2. The van der Waals surface area contributed by atoms with E-state index in [1.165, 1.54) is 0 Å². The Labute approximate surface area is 138 Å². The summed E-state index contributed by atoms with van der Waals surface area (Å²) in [4.78, 5) is 21.2. The predicted molar refractivity (Wildman–Crippen MR) is 89.6 cm³/mol. The number of pyridine rings is 1. The van der Waals surface area contributed by atoms with Gasteiger partial charge in [-0.2, -0.15) is 0 Å². The van der Waals surface area contributed by atoms with Crippen LogP contribution in [-0.2, 0) is 6.54 Å². The fraction of sp³-hybridized carbons (Fsp3) is 0.294. The van der Waals surface area contributed by atoms with Gasteiger partial charge >= 0.3 is 0 Å². The maximum atomic E-state index is 12.6. The Bertz CT molecular complexity index is 639. The van der Waals surface area contributed by atoms with Crippen LogP contribution < -0.4 is 0 Å². The van der Waals surface area contributed by atoms with E-state index in [4.69, 9.17) is 0 Å². The molecular weight excluding hydrogens is 342 g/mol. The first-order chi connectivity index (χ1) is 10.7. The van der Waals surface area contributed by atoms with Gasteiger partial charge in [-0.25, -0.2) is 0 Å². The number of hydrogen-bond acceptors (Lipinski definition) is 3. The molecule has 5 heteroatoms. The third kappa shape index (κ3) is 3.54. The molecule has 22 heavy (non-hydrogen) atoms. The lowest BCUT2D eigenvalue weighted by Crippen LogP contribution is -2.48. The minimum absolute atomic E-state index is 0.102. The quantitative estimate of drug-likeness (QED) is 0.845. The van der Waals surface area contributed by atoms with Crippen molar-refractivity contribution >= 4 is 21.8 Å². The Morgan fingerprint density at radius 2 is 1.77 bits per heavy atom. The van der Waals surface area contributed by atoms with Crippen LogP contribution >= 0.6 is 15.9 Å². The van der Waals surface area contributed by atoms with Crippen LogP contribution in [0.5, 0.6) is 0 Å². The van der Waals surface area contributed by atoms with Crippen molar-refractivity contribution in [2.75, 3.05) is 26.2 Å². The molecule has 0 radical (unpaired) electrons. The van der Waals surface area contributed by atoms with E-state index in [0.717, 1.165) is 48.5 Å². The summed E-state index contributed by atoms with van der Waals surface area (Å²) in [7, 11) is 0. The topological polar surface area (TPSA) is 36.4 Å². The number of carbonyl (C=O) groups excluding carboxylic acids is 1. The van der Waals surface area contributed by atoms with Gasteiger partial charge in [0, 0.05) is 43.4 Å². The average Bonchev–Trinajstić information content (AvgIpc) is 2.56. The zero-order chi connectivity index (χ0) is 15.4. The molecule has 0 bridgehead atoms. The zero-order valence-corrected chi connectivity index (χ0v) is 13.9. The number of aromatic nitrogens is 1. The first-order valence-electron chi connectivity index (χ1n) is 7.40. The maximum Gasteiger partial charge on any atom is 0.255 e. The number of piperazine rings is 1. The number of hydrogen-bond donors (Lipinski definition) is 0. The smallest absolute Gasteiger partial charge is 0.255 e. The van der Waals surface area contributed by atoms with Crippen molar-refractivity contribution < 1.29 is 4.79 Å². The Morgan fingerprint density at radius 3 is 2.45 bits per heavy atom. The molecule has 1 aromatic carbocycles. The van der Waals surface area contributed by atoms with Crippen molar-refractivity contribution in [2.24, 2.45) is 0 Å². The van der Waals surface area contributed by atoms with Gasteiger partial charge in [-0.05, 0) is 40.2 Å². The highest BCUT2D eigenvalue weighted by Crippen LogP contribution is 2.19. The molecule has 2 heterocycles. The molecule has 1 amide bonds. The van der Waals surface area contributed by atoms with Gasteiger partial charge in [0.2, 0.25) is 0 Å². The zero-order valence-electron chi connectivity index (χ0n) is 12.3. The van der Waals surface area contributed by atoms with Crippen LogP contribution in [0.4, 0.5) is 0 Å². The molecule has 2 aromatic rings. The van der Waals surface area contributed by atoms with Crippen molar-refractivity contribution in [1.82, 2.24) is 14.8 Å². The predicted octanol–water partition coefficient (Wildman–Crippen LogP) is 2.80. The molecule has 3 rings (SSSR count). The Balaban J connectivity index is 1.58. The molecule has 1 fully saturated rings. The molecule has 0 aliphatic carbocycles. The molecule has 1 saturated heterocycles. The molecule has 4 nitrogen and oxygen atoms in total. The van der Waals surface area contributed by atoms with E-state index in [1.54, 1.807) is 0 Å². The first kappa shape index (κ1) is 15.2. The highest BCUT2D eigenvalue weighted by Gasteiger charge is 2.23. The SMILES string of the molecule is O=C(c1ccccc1Br)N1CCN(Cc2ccccn2)CC1. The second-order valence-electron chi connectivity index (χ2n) is 5.37. The summed E-state index contributed by atoms with van der Waals surface area (Å²) in [6, 6.07) is 13.6. The fourth-order valence-electron chi connectivity index (χ4n) is 2.63. The molecule has 0 N–H and O–H groups in total. The summed E-state index contributed by atoms with van der Waals surface area (Å²) in [5, 5.41) is 0. The number of amides is 1. The van der Waals surface area contributed by atoms with E-state index in [1.807, 2.05) is 53.6 Å². The van der Waals surface area contributed by atoms with Crippen molar-refractivity contribution in [1.29, 1.82) is 0 Å². The minimum atomic E-state index is 0.102. The molecule has 1 aliphatic heterocycles. The number of nitrogens with zero attached hydrogens (tertiary/aromatic N) is 3. The molecule has 0 saturated carbocycles. The second-order valence-corrected chi connectivity index (χ2v) is 6.22. The third-order valence-corrected chi connectivity index (χ3v) is 4.57. The van der Waals surface area contributed by atoms with Crippen LogP contribution in [0.25, 0.3) is 0 Å². The summed E-state index contributed by atoms with van der Waals surface area (Å²) >= 11 is 3.45. The lowest BCUT2D eigenvalue weighted by atomic mass is 10.2. The Kier molecular flexibility index (Phi) is 4.85. The van der Waals surface area contributed by atoms with Crippen molar-refractivity contribution in [2.45, 2.75) is 6.54 Å². The molecule has 1 aromatic heterocycles. The molecule has 0 spiro atoms. The van der Waals surface area contributed by atoms with Gasteiger partial charge in [0.1, 0.15) is 0 Å². The summed E-state index contributed by atoms with van der Waals surface area (Å²) in [5.74, 6) is 0.102. The highest BCUT2D eigenvalue weighted by atomic mass is 79.9. The van der Waals surface area contributed by atoms with Gasteiger partial charge in [-0.15, -0.1) is 0 Å². The van der Waals surface area contributed by atoms with Gasteiger partial charge in [0.05, 0.1) is 11.3 Å². The second kappa shape index (κ2) is 7.03. The minimum Gasteiger partial charge on any atom is -0.336 e. The van der Waals surface area contributed by atoms with E-state index < -0.39 is 0 Å². The van der Waals surface area contributed by atoms with Gasteiger partial charge in [0.25, 0.3) is 5.91 Å². The Morgan fingerprint density at radius 1 is 1.05 bits per heavy atom. The van der Waals surface area contributed by atoms with Crippen molar-refractivity contribution in [3.8, 4) is 0 Å². The first-order valence-corrected chi connectivity index (χ1v) is 8.19. The van der Waals surface area contributed by atoms with E-state index in [0.29, 0.717) is 0 Å². The Hall–Kier alpha value is -1.72. The molecule has 1 aliphatic rings. The lowest BCUT2D eigenvalue weighted by Gasteiger charge is -2.34. The number of halogens is 1. The summed E-state index contributed by atoms with van der Waals surface area (Å²) in [6.45, 7) is 4.12. The van der Waals surface area contributed by atoms with Crippen LogP contribution in [0, 0.1) is 0 Å². The van der Waals surface area contributed by atoms with Crippen LogP contribution in [0.2, 0.25) is 0 Å². The van der Waals surface area contributed by atoms with Crippen LogP contribution in [-0.4, -0.2) is 46.9 Å².